The molecule has 0 bridgehead atoms. The highest BCUT2D eigenvalue weighted by molar-refractivity contribution is 6.39. The number of carbonyl (C=O) groups is 2. The number of hydrogen-bond donors (Lipinski definition) is 1. The van der Waals surface area contributed by atoms with Gasteiger partial charge in [0.05, 0.1) is 12.8 Å². The Morgan fingerprint density at radius 2 is 1.56 bits per heavy atom. The Morgan fingerprint density at radius 1 is 0.920 bits per heavy atom. The number of rotatable bonds is 3. The van der Waals surface area contributed by atoms with Crippen LogP contribution in [0.3, 0.4) is 0 Å². The Hall–Kier alpha value is -3.02. The van der Waals surface area contributed by atoms with Crippen molar-refractivity contribution in [2.24, 2.45) is 0 Å². The molecule has 1 heterocycles. The molecule has 6 nitrogen and oxygen atoms in total. The van der Waals surface area contributed by atoms with Crippen molar-refractivity contribution in [3.05, 3.63) is 54.6 Å². The average molecular weight is 339 g/mol. The molecular formula is C19H21N3O3. The molecule has 3 rings (SSSR count). The van der Waals surface area contributed by atoms with Crippen LogP contribution in [0.4, 0.5) is 11.4 Å². The van der Waals surface area contributed by atoms with Crippen molar-refractivity contribution in [3.63, 3.8) is 0 Å². The van der Waals surface area contributed by atoms with Gasteiger partial charge in [-0.15, -0.1) is 0 Å². The molecule has 0 radical (unpaired) electrons. The van der Waals surface area contributed by atoms with Crippen LogP contribution in [0.25, 0.3) is 0 Å². The molecule has 0 aliphatic carbocycles. The highest BCUT2D eigenvalue weighted by atomic mass is 16.5. The maximum absolute atomic E-state index is 12.3. The van der Waals surface area contributed by atoms with E-state index in [0.29, 0.717) is 31.9 Å². The van der Waals surface area contributed by atoms with Crippen molar-refractivity contribution in [1.29, 1.82) is 0 Å². The lowest BCUT2D eigenvalue weighted by molar-refractivity contribution is -0.143. The zero-order valence-electron chi connectivity index (χ0n) is 14.1. The maximum atomic E-state index is 12.3. The van der Waals surface area contributed by atoms with Crippen LogP contribution in [0.5, 0.6) is 5.75 Å². The third-order valence-electron chi connectivity index (χ3n) is 4.22. The molecule has 0 atom stereocenters. The van der Waals surface area contributed by atoms with Gasteiger partial charge in [-0.2, -0.15) is 0 Å². The molecule has 2 aromatic rings. The smallest absolute Gasteiger partial charge is 0.313 e. The van der Waals surface area contributed by atoms with Gasteiger partial charge < -0.3 is 19.9 Å². The number of methoxy groups -OCH3 is 1. The van der Waals surface area contributed by atoms with E-state index in [1.807, 2.05) is 42.5 Å². The first-order valence-corrected chi connectivity index (χ1v) is 8.22. The fourth-order valence-electron chi connectivity index (χ4n) is 2.89. The molecule has 6 heteroatoms. The van der Waals surface area contributed by atoms with E-state index in [1.165, 1.54) is 0 Å². The summed E-state index contributed by atoms with van der Waals surface area (Å²) < 4.78 is 5.39. The normalized spacial score (nSPS) is 14.1. The summed E-state index contributed by atoms with van der Waals surface area (Å²) in [4.78, 5) is 28.2. The van der Waals surface area contributed by atoms with Crippen LogP contribution in [-0.2, 0) is 9.59 Å². The monoisotopic (exact) mass is 339 g/mol. The van der Waals surface area contributed by atoms with E-state index in [0.717, 1.165) is 11.4 Å². The van der Waals surface area contributed by atoms with E-state index >= 15 is 0 Å². The lowest BCUT2D eigenvalue weighted by Gasteiger charge is -2.36. The molecule has 1 aliphatic heterocycles. The number of anilines is 2. The van der Waals surface area contributed by atoms with E-state index in [-0.39, 0.29) is 0 Å². The number of nitrogens with one attached hydrogen (secondary N) is 1. The Kier molecular flexibility index (Phi) is 5.18. The number of amides is 2. The standard InChI is InChI=1S/C19H21N3O3/c1-25-17-10-6-5-9-16(17)21-11-13-22(14-12-21)19(24)18(23)20-15-7-3-2-4-8-15/h2-10H,11-14H2,1H3,(H,20,23). The number of benzene rings is 2. The van der Waals surface area contributed by atoms with E-state index in [2.05, 4.69) is 10.2 Å². The lowest BCUT2D eigenvalue weighted by atomic mass is 10.2. The van der Waals surface area contributed by atoms with Gasteiger partial charge in [-0.25, -0.2) is 0 Å². The molecule has 1 fully saturated rings. The molecule has 1 saturated heterocycles. The first kappa shape index (κ1) is 16.8. The molecule has 25 heavy (non-hydrogen) atoms. The predicted octanol–water partition coefficient (Wildman–Crippen LogP) is 1.98. The van der Waals surface area contributed by atoms with Crippen LogP contribution in [0.1, 0.15) is 0 Å². The second-order valence-electron chi connectivity index (χ2n) is 5.77. The van der Waals surface area contributed by atoms with Crippen molar-refractivity contribution in [1.82, 2.24) is 4.90 Å². The first-order chi connectivity index (χ1) is 12.2. The summed E-state index contributed by atoms with van der Waals surface area (Å²) in [7, 11) is 1.65. The van der Waals surface area contributed by atoms with Crippen molar-refractivity contribution >= 4 is 23.2 Å². The highest BCUT2D eigenvalue weighted by Gasteiger charge is 2.27. The van der Waals surface area contributed by atoms with Crippen molar-refractivity contribution < 1.29 is 14.3 Å². The SMILES string of the molecule is COc1ccccc1N1CCN(C(=O)C(=O)Nc2ccccc2)CC1. The van der Waals surface area contributed by atoms with Crippen LogP contribution < -0.4 is 15.0 Å². The molecular weight excluding hydrogens is 318 g/mol. The second-order valence-corrected chi connectivity index (χ2v) is 5.77. The molecule has 1 aliphatic rings. The van der Waals surface area contributed by atoms with Crippen LogP contribution >= 0.6 is 0 Å². The summed E-state index contributed by atoms with van der Waals surface area (Å²) in [5.41, 5.74) is 1.62. The number of carbonyl (C=O) groups excluding carboxylic acids is 2. The number of para-hydroxylation sites is 3. The second kappa shape index (κ2) is 7.70. The number of piperazine rings is 1. The van der Waals surface area contributed by atoms with Gasteiger partial charge in [0.1, 0.15) is 5.75 Å². The van der Waals surface area contributed by atoms with Gasteiger partial charge in [-0.1, -0.05) is 30.3 Å². The van der Waals surface area contributed by atoms with E-state index in [9.17, 15) is 9.59 Å². The lowest BCUT2D eigenvalue weighted by Crippen LogP contribution is -2.51. The molecule has 130 valence electrons. The molecule has 0 saturated carbocycles. The van der Waals surface area contributed by atoms with Crippen LogP contribution in [0.15, 0.2) is 54.6 Å². The summed E-state index contributed by atoms with van der Waals surface area (Å²) >= 11 is 0. The highest BCUT2D eigenvalue weighted by Crippen LogP contribution is 2.28. The van der Waals surface area contributed by atoms with Gasteiger partial charge in [0.15, 0.2) is 0 Å². The van der Waals surface area contributed by atoms with Gasteiger partial charge in [0.2, 0.25) is 0 Å². The fraction of sp³-hybridized carbons (Fsp3) is 0.263. The Morgan fingerprint density at radius 3 is 2.24 bits per heavy atom. The average Bonchev–Trinajstić information content (AvgIpc) is 2.68. The minimum Gasteiger partial charge on any atom is -0.495 e. The Bertz CT molecular complexity index is 741. The van der Waals surface area contributed by atoms with E-state index < -0.39 is 11.8 Å². The fourth-order valence-corrected chi connectivity index (χ4v) is 2.89. The van der Waals surface area contributed by atoms with Crippen LogP contribution in [0.2, 0.25) is 0 Å². The molecule has 0 unspecified atom stereocenters. The minimum atomic E-state index is -0.600. The van der Waals surface area contributed by atoms with Crippen LogP contribution in [-0.4, -0.2) is 50.0 Å². The van der Waals surface area contributed by atoms with Gasteiger partial charge in [-0.05, 0) is 24.3 Å². The largest absolute Gasteiger partial charge is 0.495 e. The van der Waals surface area contributed by atoms with Gasteiger partial charge in [-0.3, -0.25) is 9.59 Å². The quantitative estimate of drug-likeness (QED) is 0.869. The maximum Gasteiger partial charge on any atom is 0.313 e. The zero-order chi connectivity index (χ0) is 17.6. The number of nitrogens with zero attached hydrogens (tertiary/aromatic N) is 2. The third kappa shape index (κ3) is 3.91. The number of ether oxygens (including phenoxy) is 1. The van der Waals surface area contributed by atoms with Gasteiger partial charge in [0.25, 0.3) is 0 Å². The molecule has 1 N–H and O–H groups in total. The Labute approximate surface area is 147 Å². The summed E-state index contributed by atoms with van der Waals surface area (Å²) in [5.74, 6) is -0.287. The van der Waals surface area contributed by atoms with Crippen molar-refractivity contribution in [2.75, 3.05) is 43.5 Å². The third-order valence-corrected chi connectivity index (χ3v) is 4.22. The summed E-state index contributed by atoms with van der Waals surface area (Å²) in [5, 5.41) is 2.64. The molecule has 2 amide bonds. The first-order valence-electron chi connectivity index (χ1n) is 8.22. The topological polar surface area (TPSA) is 61.9 Å². The molecule has 0 spiro atoms. The van der Waals surface area contributed by atoms with Crippen LogP contribution in [0, 0.1) is 0 Å². The number of hydrogen-bond acceptors (Lipinski definition) is 4. The molecule has 2 aromatic carbocycles. The van der Waals surface area contributed by atoms with Crippen molar-refractivity contribution in [3.8, 4) is 5.75 Å². The Balaban J connectivity index is 1.58. The van der Waals surface area contributed by atoms with Gasteiger partial charge >= 0.3 is 11.8 Å². The predicted molar refractivity (Wildman–Crippen MR) is 96.9 cm³/mol. The summed E-state index contributed by atoms with van der Waals surface area (Å²) in [6.45, 7) is 2.31. The molecule has 0 aromatic heterocycles. The van der Waals surface area contributed by atoms with Crippen molar-refractivity contribution in [2.45, 2.75) is 0 Å². The zero-order valence-corrected chi connectivity index (χ0v) is 14.1. The summed E-state index contributed by atoms with van der Waals surface area (Å²) in [6.07, 6.45) is 0. The van der Waals surface area contributed by atoms with Gasteiger partial charge in [0, 0.05) is 31.9 Å². The minimum absolute atomic E-state index is 0.497. The van der Waals surface area contributed by atoms with E-state index in [4.69, 9.17) is 4.74 Å². The van der Waals surface area contributed by atoms with E-state index in [1.54, 1.807) is 24.1 Å². The summed E-state index contributed by atoms with van der Waals surface area (Å²) in [6, 6.07) is 16.8.